The minimum atomic E-state index is -0.325. The van der Waals surface area contributed by atoms with Crippen molar-refractivity contribution in [2.24, 2.45) is 5.10 Å². The molecule has 0 aliphatic carbocycles. The van der Waals surface area contributed by atoms with Crippen LogP contribution in [0.25, 0.3) is 11.3 Å². The van der Waals surface area contributed by atoms with Crippen LogP contribution >= 0.6 is 0 Å². The highest BCUT2D eigenvalue weighted by Gasteiger charge is 2.08. The molecule has 0 aliphatic heterocycles. The summed E-state index contributed by atoms with van der Waals surface area (Å²) >= 11 is 0. The van der Waals surface area contributed by atoms with Crippen LogP contribution in [0.15, 0.2) is 88.8 Å². The zero-order valence-corrected chi connectivity index (χ0v) is 17.8. The second kappa shape index (κ2) is 10.2. The zero-order chi connectivity index (χ0) is 23.0. The lowest BCUT2D eigenvalue weighted by atomic mass is 10.1. The van der Waals surface area contributed by atoms with Crippen molar-refractivity contribution in [2.45, 2.75) is 6.61 Å². The number of benzene rings is 3. The fourth-order valence-electron chi connectivity index (χ4n) is 3.09. The Morgan fingerprint density at radius 2 is 1.82 bits per heavy atom. The lowest BCUT2D eigenvalue weighted by molar-refractivity contribution is 0.279. The van der Waals surface area contributed by atoms with Gasteiger partial charge in [0.1, 0.15) is 12.4 Å². The summed E-state index contributed by atoms with van der Waals surface area (Å²) in [6.45, 7) is 0.0782. The highest BCUT2D eigenvalue weighted by molar-refractivity contribution is 5.81. The van der Waals surface area contributed by atoms with Crippen molar-refractivity contribution in [1.29, 1.82) is 0 Å². The van der Waals surface area contributed by atoms with E-state index in [4.69, 9.17) is 9.47 Å². The number of aromatic nitrogens is 2. The molecule has 0 saturated heterocycles. The van der Waals surface area contributed by atoms with Crippen molar-refractivity contribution >= 4 is 12.2 Å². The SMILES string of the molecule is COc1cc(/C=N\Nc2nc(-c3ccccc3)cc(=O)[nH]2)ccc1OCc1ccccc1F. The molecule has 1 heterocycles. The van der Waals surface area contributed by atoms with Gasteiger partial charge in [0.25, 0.3) is 5.56 Å². The van der Waals surface area contributed by atoms with E-state index in [0.717, 1.165) is 11.1 Å². The standard InChI is InChI=1S/C25H21FN4O3/c1-32-23-13-17(11-12-22(23)33-16-19-9-5-6-10-20(19)26)15-27-30-25-28-21(14-24(31)29-25)18-7-3-2-4-8-18/h2-15H,16H2,1H3,(H2,28,29,30,31)/b27-15-. The van der Waals surface area contributed by atoms with E-state index in [1.165, 1.54) is 19.2 Å². The molecule has 0 unspecified atom stereocenters. The third kappa shape index (κ3) is 5.62. The summed E-state index contributed by atoms with van der Waals surface area (Å²) in [6.07, 6.45) is 1.55. The average molecular weight is 444 g/mol. The predicted molar refractivity (Wildman–Crippen MR) is 125 cm³/mol. The van der Waals surface area contributed by atoms with Gasteiger partial charge in [-0.05, 0) is 29.8 Å². The third-order valence-electron chi connectivity index (χ3n) is 4.72. The number of hydrogen-bond acceptors (Lipinski definition) is 6. The Morgan fingerprint density at radius 3 is 2.61 bits per heavy atom. The van der Waals surface area contributed by atoms with Gasteiger partial charge in [0.05, 0.1) is 19.0 Å². The van der Waals surface area contributed by atoms with E-state index in [0.29, 0.717) is 22.8 Å². The Bertz CT molecular complexity index is 1320. The van der Waals surface area contributed by atoms with Gasteiger partial charge < -0.3 is 9.47 Å². The van der Waals surface area contributed by atoms with Gasteiger partial charge in [-0.1, -0.05) is 48.5 Å². The summed E-state index contributed by atoms with van der Waals surface area (Å²) in [4.78, 5) is 19.0. The van der Waals surface area contributed by atoms with Crippen molar-refractivity contribution < 1.29 is 13.9 Å². The molecule has 166 valence electrons. The van der Waals surface area contributed by atoms with Gasteiger partial charge in [-0.2, -0.15) is 5.10 Å². The Morgan fingerprint density at radius 1 is 1.03 bits per heavy atom. The summed E-state index contributed by atoms with van der Waals surface area (Å²) in [5, 5.41) is 4.14. The topological polar surface area (TPSA) is 88.6 Å². The van der Waals surface area contributed by atoms with Gasteiger partial charge in [0.15, 0.2) is 11.5 Å². The van der Waals surface area contributed by atoms with Crippen LogP contribution in [-0.2, 0) is 6.61 Å². The Balaban J connectivity index is 1.45. The molecule has 33 heavy (non-hydrogen) atoms. The smallest absolute Gasteiger partial charge is 0.252 e. The van der Waals surface area contributed by atoms with E-state index in [1.54, 1.807) is 42.6 Å². The van der Waals surface area contributed by atoms with Gasteiger partial charge in [0.2, 0.25) is 5.95 Å². The van der Waals surface area contributed by atoms with E-state index in [2.05, 4.69) is 20.5 Å². The van der Waals surface area contributed by atoms with E-state index in [-0.39, 0.29) is 23.9 Å². The second-order valence-corrected chi connectivity index (χ2v) is 7.01. The van der Waals surface area contributed by atoms with Crippen molar-refractivity contribution in [3.63, 3.8) is 0 Å². The molecule has 1 aromatic heterocycles. The predicted octanol–water partition coefficient (Wildman–Crippen LogP) is 4.61. The minimum absolute atomic E-state index is 0.0782. The zero-order valence-electron chi connectivity index (χ0n) is 17.8. The first kappa shape index (κ1) is 21.8. The molecular weight excluding hydrogens is 423 g/mol. The number of H-pyrrole nitrogens is 1. The number of rotatable bonds is 8. The van der Waals surface area contributed by atoms with Gasteiger partial charge >= 0.3 is 0 Å². The Labute approximate surface area is 189 Å². The molecule has 0 fully saturated rings. The summed E-state index contributed by atoms with van der Waals surface area (Å²) in [5.41, 5.74) is 4.98. The molecular formula is C25H21FN4O3. The number of hydrazone groups is 1. The number of nitrogens with zero attached hydrogens (tertiary/aromatic N) is 2. The summed E-state index contributed by atoms with van der Waals surface area (Å²) in [6, 6.07) is 22.5. The first-order valence-electron chi connectivity index (χ1n) is 10.1. The quantitative estimate of drug-likeness (QED) is 0.306. The lowest BCUT2D eigenvalue weighted by Crippen LogP contribution is -2.10. The number of methoxy groups -OCH3 is 1. The first-order chi connectivity index (χ1) is 16.1. The van der Waals surface area contributed by atoms with Crippen LogP contribution in [0.4, 0.5) is 10.3 Å². The van der Waals surface area contributed by atoms with Crippen LogP contribution in [0.3, 0.4) is 0 Å². The third-order valence-corrected chi connectivity index (χ3v) is 4.72. The van der Waals surface area contributed by atoms with Gasteiger partial charge in [-0.25, -0.2) is 14.8 Å². The van der Waals surface area contributed by atoms with Crippen molar-refractivity contribution in [3.8, 4) is 22.8 Å². The largest absolute Gasteiger partial charge is 0.493 e. The van der Waals surface area contributed by atoms with Crippen LogP contribution in [-0.4, -0.2) is 23.3 Å². The fourth-order valence-corrected chi connectivity index (χ4v) is 3.09. The first-order valence-corrected chi connectivity index (χ1v) is 10.1. The van der Waals surface area contributed by atoms with Crippen LogP contribution in [0.1, 0.15) is 11.1 Å². The molecule has 0 aliphatic rings. The molecule has 8 heteroatoms. The molecule has 4 rings (SSSR count). The van der Waals surface area contributed by atoms with E-state index in [1.807, 2.05) is 30.3 Å². The average Bonchev–Trinajstić information content (AvgIpc) is 2.84. The Hall–Kier alpha value is -4.46. The van der Waals surface area contributed by atoms with Gasteiger partial charge in [-0.3, -0.25) is 9.78 Å². The summed E-state index contributed by atoms with van der Waals surface area (Å²) in [5.74, 6) is 0.851. The molecule has 7 nitrogen and oxygen atoms in total. The molecule has 0 atom stereocenters. The Kier molecular flexibility index (Phi) is 6.75. The van der Waals surface area contributed by atoms with Crippen molar-refractivity contribution in [2.75, 3.05) is 12.5 Å². The monoisotopic (exact) mass is 444 g/mol. The number of nitrogens with one attached hydrogen (secondary N) is 2. The maximum Gasteiger partial charge on any atom is 0.252 e. The number of ether oxygens (including phenoxy) is 2. The normalized spacial score (nSPS) is 10.8. The maximum absolute atomic E-state index is 13.8. The number of aromatic amines is 1. The number of halogens is 1. The van der Waals surface area contributed by atoms with Crippen molar-refractivity contribution in [3.05, 3.63) is 106 Å². The highest BCUT2D eigenvalue weighted by atomic mass is 19.1. The molecule has 0 saturated carbocycles. The lowest BCUT2D eigenvalue weighted by Gasteiger charge is -2.11. The molecule has 2 N–H and O–H groups in total. The molecule has 3 aromatic carbocycles. The second-order valence-electron chi connectivity index (χ2n) is 7.01. The van der Waals surface area contributed by atoms with E-state index >= 15 is 0 Å². The molecule has 4 aromatic rings. The number of hydrogen-bond donors (Lipinski definition) is 2. The molecule has 0 radical (unpaired) electrons. The number of anilines is 1. The molecule has 0 bridgehead atoms. The van der Waals surface area contributed by atoms with Crippen molar-refractivity contribution in [1.82, 2.24) is 9.97 Å². The van der Waals surface area contributed by atoms with Gasteiger partial charge in [0, 0.05) is 17.2 Å². The molecule has 0 spiro atoms. The van der Waals surface area contributed by atoms with E-state index < -0.39 is 0 Å². The van der Waals surface area contributed by atoms with Crippen LogP contribution in [0.5, 0.6) is 11.5 Å². The highest BCUT2D eigenvalue weighted by Crippen LogP contribution is 2.28. The summed E-state index contributed by atoms with van der Waals surface area (Å²) in [7, 11) is 1.52. The van der Waals surface area contributed by atoms with Crippen LogP contribution < -0.4 is 20.5 Å². The van der Waals surface area contributed by atoms with Crippen LogP contribution in [0, 0.1) is 5.82 Å². The van der Waals surface area contributed by atoms with Crippen LogP contribution in [0.2, 0.25) is 0 Å². The summed E-state index contributed by atoms with van der Waals surface area (Å²) < 4.78 is 24.9. The van der Waals surface area contributed by atoms with Gasteiger partial charge in [-0.15, -0.1) is 0 Å². The molecule has 0 amide bonds. The maximum atomic E-state index is 13.8. The fraction of sp³-hybridized carbons (Fsp3) is 0.0800. The minimum Gasteiger partial charge on any atom is -0.493 e. The van der Waals surface area contributed by atoms with E-state index in [9.17, 15) is 9.18 Å².